The molecule has 0 aliphatic carbocycles. The number of nitrogens with zero attached hydrogens (tertiary/aromatic N) is 2. The minimum absolute atomic E-state index is 0.0826. The van der Waals surface area contributed by atoms with Gasteiger partial charge in [0, 0.05) is 24.7 Å². The quantitative estimate of drug-likeness (QED) is 0.736. The predicted molar refractivity (Wildman–Crippen MR) is 70.3 cm³/mol. The van der Waals surface area contributed by atoms with Gasteiger partial charge in [-0.1, -0.05) is 0 Å². The van der Waals surface area contributed by atoms with E-state index in [1.807, 2.05) is 25.9 Å². The van der Waals surface area contributed by atoms with Crippen LogP contribution in [0.25, 0.3) is 0 Å². The largest absolute Gasteiger partial charge is 0.497 e. The molecule has 18 heavy (non-hydrogen) atoms. The van der Waals surface area contributed by atoms with Crippen LogP contribution in [-0.4, -0.2) is 43.0 Å². The molecule has 1 heterocycles. The van der Waals surface area contributed by atoms with Gasteiger partial charge in [0.15, 0.2) is 0 Å². The molecule has 0 saturated heterocycles. The summed E-state index contributed by atoms with van der Waals surface area (Å²) in [5.74, 6) is 1.14. The molecular weight excluding hydrogens is 232 g/mol. The Labute approximate surface area is 107 Å². The summed E-state index contributed by atoms with van der Waals surface area (Å²) in [6.07, 6.45) is 2.03. The number of amides is 1. The number of ether oxygens (including phenoxy) is 1. The Kier molecular flexibility index (Phi) is 5.38. The van der Waals surface area contributed by atoms with Crippen LogP contribution in [0, 0.1) is 0 Å². The van der Waals surface area contributed by atoms with Crippen LogP contribution >= 0.6 is 0 Å². The van der Waals surface area contributed by atoms with E-state index in [4.69, 9.17) is 4.74 Å². The summed E-state index contributed by atoms with van der Waals surface area (Å²) in [4.78, 5) is 17.7. The fourth-order valence-electron chi connectivity index (χ4n) is 1.24. The molecule has 6 nitrogen and oxygen atoms in total. The van der Waals surface area contributed by atoms with Crippen LogP contribution in [0.5, 0.6) is 5.75 Å². The number of hydrazine groups is 1. The lowest BCUT2D eigenvalue weighted by Crippen LogP contribution is -2.36. The third-order valence-electron chi connectivity index (χ3n) is 2.66. The number of rotatable bonds is 6. The first kappa shape index (κ1) is 14.2. The van der Waals surface area contributed by atoms with Gasteiger partial charge in [0.25, 0.3) is 0 Å². The second-order valence-electron chi connectivity index (χ2n) is 4.27. The maximum atomic E-state index is 11.6. The van der Waals surface area contributed by atoms with Gasteiger partial charge in [0.1, 0.15) is 11.6 Å². The van der Waals surface area contributed by atoms with Crippen molar-refractivity contribution in [2.75, 3.05) is 26.6 Å². The molecule has 1 aromatic heterocycles. The SMILES string of the molecule is COc1ccnc(NNC(=O)CC(C)N(C)C)c1. The second-order valence-corrected chi connectivity index (χ2v) is 4.27. The minimum Gasteiger partial charge on any atom is -0.497 e. The van der Waals surface area contributed by atoms with Gasteiger partial charge >= 0.3 is 0 Å². The Morgan fingerprint density at radius 3 is 2.89 bits per heavy atom. The van der Waals surface area contributed by atoms with E-state index in [9.17, 15) is 4.79 Å². The van der Waals surface area contributed by atoms with E-state index in [0.717, 1.165) is 0 Å². The van der Waals surface area contributed by atoms with Crippen LogP contribution in [-0.2, 0) is 4.79 Å². The number of anilines is 1. The Morgan fingerprint density at radius 1 is 1.56 bits per heavy atom. The molecule has 1 amide bonds. The van der Waals surface area contributed by atoms with Crippen molar-refractivity contribution in [3.05, 3.63) is 18.3 Å². The lowest BCUT2D eigenvalue weighted by molar-refractivity contribution is -0.121. The van der Waals surface area contributed by atoms with Crippen LogP contribution in [0.1, 0.15) is 13.3 Å². The number of nitrogens with one attached hydrogen (secondary N) is 2. The molecule has 0 fully saturated rings. The van der Waals surface area contributed by atoms with Crippen molar-refractivity contribution >= 4 is 11.7 Å². The van der Waals surface area contributed by atoms with Gasteiger partial charge in [-0.25, -0.2) is 4.98 Å². The van der Waals surface area contributed by atoms with Crippen LogP contribution in [0.3, 0.4) is 0 Å². The molecule has 100 valence electrons. The molecule has 0 aliphatic rings. The third-order valence-corrected chi connectivity index (χ3v) is 2.66. The average Bonchev–Trinajstić information content (AvgIpc) is 2.36. The van der Waals surface area contributed by atoms with E-state index < -0.39 is 0 Å². The maximum Gasteiger partial charge on any atom is 0.239 e. The van der Waals surface area contributed by atoms with Crippen LogP contribution in [0.2, 0.25) is 0 Å². The number of carbonyl (C=O) groups is 1. The highest BCUT2D eigenvalue weighted by Crippen LogP contribution is 2.12. The van der Waals surface area contributed by atoms with E-state index in [0.29, 0.717) is 18.0 Å². The summed E-state index contributed by atoms with van der Waals surface area (Å²) in [5.41, 5.74) is 5.36. The standard InChI is InChI=1S/C12H20N4O2/c1-9(16(2)3)7-12(17)15-14-11-8-10(18-4)5-6-13-11/h5-6,8-9H,7H2,1-4H3,(H,13,14)(H,15,17). The van der Waals surface area contributed by atoms with Gasteiger partial charge in [0.05, 0.1) is 7.11 Å². The average molecular weight is 252 g/mol. The highest BCUT2D eigenvalue weighted by atomic mass is 16.5. The normalized spacial score (nSPS) is 12.1. The Morgan fingerprint density at radius 2 is 2.28 bits per heavy atom. The van der Waals surface area contributed by atoms with Crippen LogP contribution < -0.4 is 15.6 Å². The molecule has 6 heteroatoms. The zero-order valence-electron chi connectivity index (χ0n) is 11.2. The Hall–Kier alpha value is -1.82. The summed E-state index contributed by atoms with van der Waals surface area (Å²) >= 11 is 0. The fraction of sp³-hybridized carbons (Fsp3) is 0.500. The highest BCUT2D eigenvalue weighted by Gasteiger charge is 2.10. The Balaban J connectivity index is 2.42. The second kappa shape index (κ2) is 6.80. The monoisotopic (exact) mass is 252 g/mol. The smallest absolute Gasteiger partial charge is 0.239 e. The van der Waals surface area contributed by atoms with Crippen LogP contribution in [0.15, 0.2) is 18.3 Å². The van der Waals surface area contributed by atoms with E-state index in [2.05, 4.69) is 15.8 Å². The summed E-state index contributed by atoms with van der Waals surface area (Å²) in [6, 6.07) is 3.63. The van der Waals surface area contributed by atoms with E-state index in [1.165, 1.54) is 0 Å². The first-order valence-electron chi connectivity index (χ1n) is 5.74. The van der Waals surface area contributed by atoms with Crippen molar-refractivity contribution in [3.8, 4) is 5.75 Å². The molecule has 0 aliphatic heterocycles. The molecule has 1 atom stereocenters. The fourth-order valence-corrected chi connectivity index (χ4v) is 1.24. The van der Waals surface area contributed by atoms with E-state index >= 15 is 0 Å². The molecular formula is C12H20N4O2. The maximum absolute atomic E-state index is 11.6. The highest BCUT2D eigenvalue weighted by molar-refractivity contribution is 5.77. The van der Waals surface area contributed by atoms with Crippen molar-refractivity contribution in [1.82, 2.24) is 15.3 Å². The molecule has 0 spiro atoms. The van der Waals surface area contributed by atoms with Crippen molar-refractivity contribution < 1.29 is 9.53 Å². The van der Waals surface area contributed by atoms with Crippen molar-refractivity contribution in [2.45, 2.75) is 19.4 Å². The lowest BCUT2D eigenvalue weighted by atomic mass is 10.2. The van der Waals surface area contributed by atoms with Gasteiger partial charge in [0.2, 0.25) is 5.91 Å². The summed E-state index contributed by atoms with van der Waals surface area (Å²) < 4.78 is 5.06. The lowest BCUT2D eigenvalue weighted by Gasteiger charge is -2.19. The minimum atomic E-state index is -0.0826. The van der Waals surface area contributed by atoms with Crippen molar-refractivity contribution in [3.63, 3.8) is 0 Å². The van der Waals surface area contributed by atoms with Gasteiger partial charge in [-0.3, -0.25) is 15.6 Å². The molecule has 0 saturated carbocycles. The topological polar surface area (TPSA) is 66.5 Å². The molecule has 1 rings (SSSR count). The number of aromatic nitrogens is 1. The number of hydrogen-bond acceptors (Lipinski definition) is 5. The van der Waals surface area contributed by atoms with Gasteiger partial charge < -0.3 is 9.64 Å². The van der Waals surface area contributed by atoms with Crippen LogP contribution in [0.4, 0.5) is 5.82 Å². The summed E-state index contributed by atoms with van der Waals surface area (Å²) in [7, 11) is 5.46. The van der Waals surface area contributed by atoms with Crippen molar-refractivity contribution in [1.29, 1.82) is 0 Å². The molecule has 1 aromatic rings. The molecule has 0 bridgehead atoms. The van der Waals surface area contributed by atoms with E-state index in [-0.39, 0.29) is 11.9 Å². The number of methoxy groups -OCH3 is 1. The Bertz CT molecular complexity index is 395. The summed E-state index contributed by atoms with van der Waals surface area (Å²) in [6.45, 7) is 1.99. The zero-order chi connectivity index (χ0) is 13.5. The van der Waals surface area contributed by atoms with E-state index in [1.54, 1.807) is 25.4 Å². The third kappa shape index (κ3) is 4.58. The first-order chi connectivity index (χ1) is 8.52. The predicted octanol–water partition coefficient (Wildman–Crippen LogP) is 0.873. The van der Waals surface area contributed by atoms with Gasteiger partial charge in [-0.05, 0) is 27.1 Å². The zero-order valence-corrected chi connectivity index (χ0v) is 11.2. The number of carbonyl (C=O) groups excluding carboxylic acids is 1. The molecule has 0 aromatic carbocycles. The molecule has 2 N–H and O–H groups in total. The molecule has 1 unspecified atom stereocenters. The summed E-state index contributed by atoms with van der Waals surface area (Å²) in [5, 5.41) is 0. The first-order valence-corrected chi connectivity index (χ1v) is 5.74. The number of pyridine rings is 1. The van der Waals surface area contributed by atoms with Gasteiger partial charge in [-0.15, -0.1) is 0 Å². The number of hydrogen-bond donors (Lipinski definition) is 2. The van der Waals surface area contributed by atoms with Gasteiger partial charge in [-0.2, -0.15) is 0 Å². The molecule has 0 radical (unpaired) electrons. The van der Waals surface area contributed by atoms with Crippen molar-refractivity contribution in [2.24, 2.45) is 0 Å².